The van der Waals surface area contributed by atoms with Crippen LogP contribution in [-0.2, 0) is 0 Å². The summed E-state index contributed by atoms with van der Waals surface area (Å²) >= 11 is 5.90. The molecule has 2 heterocycles. The Morgan fingerprint density at radius 3 is 3.07 bits per heavy atom. The molecule has 3 rings (SSSR count). The Kier molecular flexibility index (Phi) is 1.46. The van der Waals surface area contributed by atoms with Crippen LogP contribution >= 0.6 is 11.6 Å². The summed E-state index contributed by atoms with van der Waals surface area (Å²) in [5, 5.41) is 9.62. The zero-order valence-corrected chi connectivity index (χ0v) is 7.78. The lowest BCUT2D eigenvalue weighted by molar-refractivity contribution is 1.10. The highest BCUT2D eigenvalue weighted by Crippen LogP contribution is 2.22. The highest BCUT2D eigenvalue weighted by molar-refractivity contribution is 6.31. The molecule has 1 N–H and O–H groups in total. The van der Waals surface area contributed by atoms with Gasteiger partial charge in [0, 0.05) is 10.4 Å². The maximum absolute atomic E-state index is 5.90. The summed E-state index contributed by atoms with van der Waals surface area (Å²) in [5.41, 5.74) is 2.29. The van der Waals surface area contributed by atoms with E-state index in [9.17, 15) is 0 Å². The van der Waals surface area contributed by atoms with Gasteiger partial charge in [-0.25, -0.2) is 4.98 Å². The van der Waals surface area contributed by atoms with Crippen molar-refractivity contribution in [3.63, 3.8) is 0 Å². The van der Waals surface area contributed by atoms with E-state index in [0.29, 0.717) is 10.7 Å². The number of aromatic nitrogens is 4. The Labute approximate surface area is 83.9 Å². The predicted octanol–water partition coefficient (Wildman–Crippen LogP) is 2.16. The van der Waals surface area contributed by atoms with Crippen LogP contribution in [0.25, 0.3) is 22.1 Å². The van der Waals surface area contributed by atoms with Crippen molar-refractivity contribution in [2.75, 3.05) is 0 Å². The molecule has 3 aromatic rings. The van der Waals surface area contributed by atoms with Crippen LogP contribution in [-0.4, -0.2) is 20.2 Å². The topological polar surface area (TPSA) is 54.5 Å². The van der Waals surface area contributed by atoms with Gasteiger partial charge in [-0.1, -0.05) is 11.6 Å². The highest BCUT2D eigenvalue weighted by Gasteiger charge is 2.04. The largest absolute Gasteiger partial charge is 0.343 e. The number of H-pyrrole nitrogens is 1. The molecule has 1 aromatic carbocycles. The summed E-state index contributed by atoms with van der Waals surface area (Å²) in [5.74, 6) is 0. The summed E-state index contributed by atoms with van der Waals surface area (Å²) in [6, 6.07) is 5.48. The van der Waals surface area contributed by atoms with E-state index in [1.807, 2.05) is 12.1 Å². The van der Waals surface area contributed by atoms with E-state index in [-0.39, 0.29) is 0 Å². The lowest BCUT2D eigenvalue weighted by atomic mass is 10.2. The number of fused-ring (bicyclic) bond motifs is 3. The average molecular weight is 205 g/mol. The molecule has 14 heavy (non-hydrogen) atoms. The van der Waals surface area contributed by atoms with Crippen molar-refractivity contribution >= 4 is 33.7 Å². The van der Waals surface area contributed by atoms with Crippen molar-refractivity contribution in [1.29, 1.82) is 0 Å². The Balaban J connectivity index is 2.60. The molecular formula is C9H5ClN4. The van der Waals surface area contributed by atoms with Gasteiger partial charge in [-0.3, -0.25) is 0 Å². The van der Waals surface area contributed by atoms with E-state index in [4.69, 9.17) is 11.6 Å². The third-order valence-corrected chi connectivity index (χ3v) is 2.33. The van der Waals surface area contributed by atoms with Crippen LogP contribution in [0.3, 0.4) is 0 Å². The van der Waals surface area contributed by atoms with Gasteiger partial charge in [0.15, 0.2) is 5.65 Å². The molecule has 0 amide bonds. The van der Waals surface area contributed by atoms with Crippen LogP contribution in [0.5, 0.6) is 0 Å². The van der Waals surface area contributed by atoms with E-state index < -0.39 is 0 Å². The zero-order valence-electron chi connectivity index (χ0n) is 7.03. The van der Waals surface area contributed by atoms with Crippen LogP contribution in [0.4, 0.5) is 0 Å². The van der Waals surface area contributed by atoms with Crippen LogP contribution in [0.15, 0.2) is 24.5 Å². The molecule has 0 spiro atoms. The molecule has 0 unspecified atom stereocenters. The smallest absolute Gasteiger partial charge is 0.200 e. The van der Waals surface area contributed by atoms with Crippen LogP contribution in [0.1, 0.15) is 0 Å². The van der Waals surface area contributed by atoms with Crippen LogP contribution < -0.4 is 0 Å². The lowest BCUT2D eigenvalue weighted by Gasteiger charge is -1.96. The first-order valence-electron chi connectivity index (χ1n) is 4.09. The van der Waals surface area contributed by atoms with E-state index in [1.54, 1.807) is 12.4 Å². The van der Waals surface area contributed by atoms with Gasteiger partial charge in [0.2, 0.25) is 0 Å². The first kappa shape index (κ1) is 7.70. The minimum Gasteiger partial charge on any atom is -0.343 e. The fourth-order valence-electron chi connectivity index (χ4n) is 1.46. The Morgan fingerprint density at radius 1 is 1.21 bits per heavy atom. The monoisotopic (exact) mass is 204 g/mol. The average Bonchev–Trinajstić information content (AvgIpc) is 2.65. The fourth-order valence-corrected chi connectivity index (χ4v) is 1.63. The van der Waals surface area contributed by atoms with Gasteiger partial charge in [0.1, 0.15) is 0 Å². The maximum Gasteiger partial charge on any atom is 0.200 e. The van der Waals surface area contributed by atoms with Crippen LogP contribution in [0, 0.1) is 0 Å². The number of benzene rings is 1. The van der Waals surface area contributed by atoms with Crippen molar-refractivity contribution in [2.45, 2.75) is 0 Å². The zero-order chi connectivity index (χ0) is 9.54. The number of nitrogens with one attached hydrogen (secondary N) is 1. The van der Waals surface area contributed by atoms with Crippen molar-refractivity contribution in [2.24, 2.45) is 0 Å². The predicted molar refractivity (Wildman–Crippen MR) is 54.2 cm³/mol. The standard InChI is InChI=1S/C9H5ClN4/c10-5-1-2-7-6(3-5)8-9(14-13-7)12-4-11-8/h1-4H,(H,11,12,14). The molecule has 0 aliphatic heterocycles. The van der Waals surface area contributed by atoms with Gasteiger partial charge in [0.05, 0.1) is 17.4 Å². The second-order valence-corrected chi connectivity index (χ2v) is 3.40. The second-order valence-electron chi connectivity index (χ2n) is 2.96. The molecule has 0 fully saturated rings. The summed E-state index contributed by atoms with van der Waals surface area (Å²) in [6.07, 6.45) is 1.60. The molecule has 4 nitrogen and oxygen atoms in total. The summed E-state index contributed by atoms with van der Waals surface area (Å²) < 4.78 is 0. The van der Waals surface area contributed by atoms with Crippen molar-refractivity contribution in [3.05, 3.63) is 29.5 Å². The van der Waals surface area contributed by atoms with Gasteiger partial charge >= 0.3 is 0 Å². The van der Waals surface area contributed by atoms with Crippen molar-refractivity contribution in [1.82, 2.24) is 20.2 Å². The second kappa shape index (κ2) is 2.65. The van der Waals surface area contributed by atoms with E-state index in [1.165, 1.54) is 0 Å². The number of imidazole rings is 1. The maximum atomic E-state index is 5.90. The summed E-state index contributed by atoms with van der Waals surface area (Å²) in [4.78, 5) is 7.04. The molecular weight excluding hydrogens is 200 g/mol. The van der Waals surface area contributed by atoms with E-state index in [2.05, 4.69) is 20.2 Å². The quantitative estimate of drug-likeness (QED) is 0.611. The molecule has 5 heteroatoms. The van der Waals surface area contributed by atoms with Gasteiger partial charge in [-0.05, 0) is 18.2 Å². The number of hydrogen-bond donors (Lipinski definition) is 1. The lowest BCUT2D eigenvalue weighted by Crippen LogP contribution is -1.86. The third-order valence-electron chi connectivity index (χ3n) is 2.10. The number of aromatic amines is 1. The summed E-state index contributed by atoms with van der Waals surface area (Å²) in [6.45, 7) is 0. The van der Waals surface area contributed by atoms with Crippen LogP contribution in [0.2, 0.25) is 5.02 Å². The number of rotatable bonds is 0. The Bertz CT molecular complexity index is 616. The molecule has 0 saturated heterocycles. The number of hydrogen-bond acceptors (Lipinski definition) is 3. The molecule has 0 bridgehead atoms. The minimum atomic E-state index is 0.611. The molecule has 0 aliphatic carbocycles. The van der Waals surface area contributed by atoms with E-state index in [0.717, 1.165) is 16.4 Å². The Hall–Kier alpha value is -1.68. The van der Waals surface area contributed by atoms with E-state index >= 15 is 0 Å². The van der Waals surface area contributed by atoms with Gasteiger partial charge in [-0.2, -0.15) is 0 Å². The molecule has 2 aromatic heterocycles. The Morgan fingerprint density at radius 2 is 2.14 bits per heavy atom. The number of halogens is 1. The minimum absolute atomic E-state index is 0.611. The van der Waals surface area contributed by atoms with Crippen molar-refractivity contribution in [3.8, 4) is 0 Å². The van der Waals surface area contributed by atoms with Gasteiger partial charge in [0.25, 0.3) is 0 Å². The first-order valence-corrected chi connectivity index (χ1v) is 4.47. The number of nitrogens with zero attached hydrogens (tertiary/aromatic N) is 3. The summed E-state index contributed by atoms with van der Waals surface area (Å²) in [7, 11) is 0. The molecule has 68 valence electrons. The normalized spacial score (nSPS) is 11.2. The molecule has 0 aliphatic rings. The molecule has 0 radical (unpaired) electrons. The third kappa shape index (κ3) is 0.975. The van der Waals surface area contributed by atoms with Crippen molar-refractivity contribution < 1.29 is 0 Å². The highest BCUT2D eigenvalue weighted by atomic mass is 35.5. The first-order chi connectivity index (χ1) is 6.84. The molecule has 0 atom stereocenters. The fraction of sp³-hybridized carbons (Fsp3) is 0. The van der Waals surface area contributed by atoms with Gasteiger partial charge < -0.3 is 4.98 Å². The SMILES string of the molecule is Clc1ccc2nnc3nc[nH]c3c2c1. The molecule has 0 saturated carbocycles. The van der Waals surface area contributed by atoms with Gasteiger partial charge in [-0.15, -0.1) is 10.2 Å².